The summed E-state index contributed by atoms with van der Waals surface area (Å²) in [5.41, 5.74) is 6.11. The van der Waals surface area contributed by atoms with Gasteiger partial charge in [0, 0.05) is 5.69 Å². The zero-order valence-corrected chi connectivity index (χ0v) is 14.6. The van der Waals surface area contributed by atoms with Gasteiger partial charge in [0.2, 0.25) is 10.0 Å². The minimum Gasteiger partial charge on any atom is -0.398 e. The fourth-order valence-electron chi connectivity index (χ4n) is 1.96. The van der Waals surface area contributed by atoms with Gasteiger partial charge in [0.15, 0.2) is 0 Å². The summed E-state index contributed by atoms with van der Waals surface area (Å²) in [5.74, 6) is 0. The number of anilines is 1. The van der Waals surface area contributed by atoms with Crippen LogP contribution in [0.2, 0.25) is 0 Å². The molecule has 0 aromatic heterocycles. The standard InChI is InChI=1S/C15H26N2O3S/c1-9-8-12(16)11(3)13(10(9)2)21(19,20)17-14(4,5)15(6,7)18/h8,17-18H,16H2,1-7H3. The van der Waals surface area contributed by atoms with E-state index in [9.17, 15) is 13.5 Å². The third-order valence-corrected chi connectivity index (χ3v) is 6.19. The van der Waals surface area contributed by atoms with Crippen LogP contribution in [-0.4, -0.2) is 24.7 Å². The van der Waals surface area contributed by atoms with Crippen molar-refractivity contribution in [3.63, 3.8) is 0 Å². The first-order chi connectivity index (χ1) is 9.21. The zero-order chi connectivity index (χ0) is 16.8. The molecule has 1 aromatic carbocycles. The molecule has 0 radical (unpaired) electrons. The Kier molecular flexibility index (Phi) is 4.50. The molecular weight excluding hydrogens is 288 g/mol. The van der Waals surface area contributed by atoms with E-state index < -0.39 is 21.2 Å². The first kappa shape index (κ1) is 17.9. The fourth-order valence-corrected chi connectivity index (χ4v) is 4.06. The lowest BCUT2D eigenvalue weighted by Crippen LogP contribution is -2.57. The molecule has 0 aliphatic rings. The number of nitrogens with two attached hydrogens (primary N) is 1. The molecule has 5 nitrogen and oxygen atoms in total. The van der Waals surface area contributed by atoms with Gasteiger partial charge in [0.1, 0.15) is 0 Å². The van der Waals surface area contributed by atoms with Crippen molar-refractivity contribution < 1.29 is 13.5 Å². The van der Waals surface area contributed by atoms with Crippen LogP contribution in [0.25, 0.3) is 0 Å². The van der Waals surface area contributed by atoms with Crippen molar-refractivity contribution >= 4 is 15.7 Å². The Balaban J connectivity index is 3.48. The molecule has 0 unspecified atom stereocenters. The summed E-state index contributed by atoms with van der Waals surface area (Å²) >= 11 is 0. The van der Waals surface area contributed by atoms with E-state index in [4.69, 9.17) is 5.73 Å². The molecule has 1 rings (SSSR count). The Morgan fingerprint density at radius 1 is 1.10 bits per heavy atom. The maximum atomic E-state index is 12.8. The minimum absolute atomic E-state index is 0.192. The normalized spacial score (nSPS) is 13.5. The molecule has 0 aliphatic carbocycles. The quantitative estimate of drug-likeness (QED) is 0.741. The van der Waals surface area contributed by atoms with Crippen molar-refractivity contribution in [1.82, 2.24) is 4.72 Å². The van der Waals surface area contributed by atoms with Gasteiger partial charge in [-0.3, -0.25) is 0 Å². The first-order valence-corrected chi connectivity index (χ1v) is 8.31. The average molecular weight is 314 g/mol. The largest absolute Gasteiger partial charge is 0.398 e. The number of nitrogens with one attached hydrogen (secondary N) is 1. The molecule has 0 aliphatic heterocycles. The lowest BCUT2D eigenvalue weighted by Gasteiger charge is -2.37. The van der Waals surface area contributed by atoms with Gasteiger partial charge in [-0.2, -0.15) is 0 Å². The summed E-state index contributed by atoms with van der Waals surface area (Å²) in [6.45, 7) is 11.7. The third kappa shape index (κ3) is 3.39. The molecule has 0 bridgehead atoms. The summed E-state index contributed by atoms with van der Waals surface area (Å²) < 4.78 is 28.1. The van der Waals surface area contributed by atoms with E-state index in [1.165, 1.54) is 0 Å². The smallest absolute Gasteiger partial charge is 0.241 e. The molecule has 0 saturated heterocycles. The van der Waals surface area contributed by atoms with Crippen LogP contribution in [0.5, 0.6) is 0 Å². The predicted molar refractivity (Wildman–Crippen MR) is 85.8 cm³/mol. The molecule has 120 valence electrons. The van der Waals surface area contributed by atoms with Crippen LogP contribution >= 0.6 is 0 Å². The van der Waals surface area contributed by atoms with Crippen molar-refractivity contribution in [1.29, 1.82) is 0 Å². The van der Waals surface area contributed by atoms with E-state index in [1.807, 2.05) is 6.92 Å². The molecule has 21 heavy (non-hydrogen) atoms. The second kappa shape index (κ2) is 5.26. The summed E-state index contributed by atoms with van der Waals surface area (Å²) in [5, 5.41) is 10.2. The fraction of sp³-hybridized carbons (Fsp3) is 0.600. The molecule has 6 heteroatoms. The van der Waals surface area contributed by atoms with Gasteiger partial charge in [-0.25, -0.2) is 13.1 Å². The number of aliphatic hydroxyl groups is 1. The monoisotopic (exact) mass is 314 g/mol. The van der Waals surface area contributed by atoms with Gasteiger partial charge in [0.05, 0.1) is 16.0 Å². The summed E-state index contributed by atoms with van der Waals surface area (Å²) in [4.78, 5) is 0.192. The molecule has 4 N–H and O–H groups in total. The van der Waals surface area contributed by atoms with E-state index >= 15 is 0 Å². The third-order valence-electron chi connectivity index (χ3n) is 4.27. The molecular formula is C15H26N2O3S. The van der Waals surface area contributed by atoms with Crippen LogP contribution in [0.1, 0.15) is 44.4 Å². The maximum Gasteiger partial charge on any atom is 0.241 e. The highest BCUT2D eigenvalue weighted by Crippen LogP contribution is 2.30. The maximum absolute atomic E-state index is 12.8. The highest BCUT2D eigenvalue weighted by atomic mass is 32.2. The number of hydrogen-bond donors (Lipinski definition) is 3. The number of nitrogen functional groups attached to an aromatic ring is 1. The zero-order valence-electron chi connectivity index (χ0n) is 13.8. The molecule has 0 atom stereocenters. The Labute approximate surface area is 127 Å². The number of hydrogen-bond acceptors (Lipinski definition) is 4. The average Bonchev–Trinajstić information content (AvgIpc) is 2.23. The van der Waals surface area contributed by atoms with Gasteiger partial charge < -0.3 is 10.8 Å². The van der Waals surface area contributed by atoms with Crippen LogP contribution in [0.4, 0.5) is 5.69 Å². The number of aryl methyl sites for hydroxylation is 1. The Morgan fingerprint density at radius 2 is 1.57 bits per heavy atom. The minimum atomic E-state index is -3.80. The lowest BCUT2D eigenvalue weighted by molar-refractivity contribution is 0.00638. The molecule has 0 amide bonds. The lowest BCUT2D eigenvalue weighted by atomic mass is 9.87. The van der Waals surface area contributed by atoms with Crippen molar-refractivity contribution in [2.24, 2.45) is 0 Å². The van der Waals surface area contributed by atoms with Crippen molar-refractivity contribution in [2.75, 3.05) is 5.73 Å². The number of benzene rings is 1. The van der Waals surface area contributed by atoms with Crippen LogP contribution in [-0.2, 0) is 10.0 Å². The molecule has 0 saturated carbocycles. The van der Waals surface area contributed by atoms with E-state index in [-0.39, 0.29) is 4.90 Å². The SMILES string of the molecule is Cc1cc(N)c(C)c(S(=O)(=O)NC(C)(C)C(C)(C)O)c1C. The number of sulfonamides is 1. The summed E-state index contributed by atoms with van der Waals surface area (Å²) in [6, 6.07) is 1.77. The van der Waals surface area contributed by atoms with Crippen molar-refractivity contribution in [2.45, 2.75) is 64.5 Å². The molecule has 0 spiro atoms. The van der Waals surface area contributed by atoms with E-state index in [2.05, 4.69) is 4.72 Å². The highest BCUT2D eigenvalue weighted by Gasteiger charge is 2.39. The van der Waals surface area contributed by atoms with Crippen LogP contribution in [0, 0.1) is 20.8 Å². The summed E-state index contributed by atoms with van der Waals surface area (Å²) in [6.07, 6.45) is 0. The van der Waals surface area contributed by atoms with Gasteiger partial charge >= 0.3 is 0 Å². The molecule has 0 fully saturated rings. The van der Waals surface area contributed by atoms with E-state index in [0.29, 0.717) is 16.8 Å². The van der Waals surface area contributed by atoms with Gasteiger partial charge in [0.25, 0.3) is 0 Å². The topological polar surface area (TPSA) is 92.4 Å². The van der Waals surface area contributed by atoms with Crippen LogP contribution < -0.4 is 10.5 Å². The van der Waals surface area contributed by atoms with Gasteiger partial charge in [-0.1, -0.05) is 0 Å². The highest BCUT2D eigenvalue weighted by molar-refractivity contribution is 7.89. The first-order valence-electron chi connectivity index (χ1n) is 6.83. The number of rotatable bonds is 4. The van der Waals surface area contributed by atoms with Gasteiger partial charge in [-0.15, -0.1) is 0 Å². The second-order valence-electron chi connectivity index (χ2n) is 6.65. The van der Waals surface area contributed by atoms with E-state index in [0.717, 1.165) is 5.56 Å². The van der Waals surface area contributed by atoms with Crippen molar-refractivity contribution in [3.05, 3.63) is 22.8 Å². The van der Waals surface area contributed by atoms with Crippen LogP contribution in [0.15, 0.2) is 11.0 Å². The second-order valence-corrected chi connectivity index (χ2v) is 8.27. The van der Waals surface area contributed by atoms with Gasteiger partial charge in [-0.05, 0) is 71.2 Å². The molecule has 0 heterocycles. The Hall–Kier alpha value is -1.11. The summed E-state index contributed by atoms with van der Waals surface area (Å²) in [7, 11) is -3.80. The predicted octanol–water partition coefficient (Wildman–Crippen LogP) is 2.02. The Bertz CT molecular complexity index is 630. The molecule has 1 aromatic rings. The van der Waals surface area contributed by atoms with Crippen LogP contribution in [0.3, 0.4) is 0 Å². The van der Waals surface area contributed by atoms with Crippen molar-refractivity contribution in [3.8, 4) is 0 Å². The van der Waals surface area contributed by atoms with E-state index in [1.54, 1.807) is 47.6 Å². The Morgan fingerprint density at radius 3 is 2.00 bits per heavy atom.